The second-order valence-corrected chi connectivity index (χ2v) is 2.69. The van der Waals surface area contributed by atoms with Crippen molar-refractivity contribution in [3.63, 3.8) is 0 Å². The maximum atomic E-state index is 9.14. The van der Waals surface area contributed by atoms with E-state index in [-0.39, 0.29) is 12.6 Å². The van der Waals surface area contributed by atoms with E-state index in [4.69, 9.17) is 15.9 Å². The van der Waals surface area contributed by atoms with Crippen molar-refractivity contribution in [3.05, 3.63) is 11.6 Å². The van der Waals surface area contributed by atoms with E-state index in [0.29, 0.717) is 12.8 Å². The molecule has 0 saturated heterocycles. The van der Waals surface area contributed by atoms with Gasteiger partial charge in [-0.25, -0.2) is 0 Å². The van der Waals surface area contributed by atoms with E-state index in [1.54, 1.807) is 0 Å². The molecule has 1 aliphatic carbocycles. The highest BCUT2D eigenvalue weighted by Gasteiger charge is 2.19. The Labute approximate surface area is 60.2 Å². The number of rotatable bonds is 1. The van der Waals surface area contributed by atoms with E-state index in [1.165, 1.54) is 0 Å². The Hall–Kier alpha value is -0.380. The molecule has 3 nitrogen and oxygen atoms in total. The van der Waals surface area contributed by atoms with E-state index in [0.717, 1.165) is 5.57 Å². The second-order valence-electron chi connectivity index (χ2n) is 2.69. The molecule has 4 N–H and O–H groups in total. The fourth-order valence-corrected chi connectivity index (χ4v) is 1.11. The third-order valence-electron chi connectivity index (χ3n) is 1.84. The average Bonchev–Trinajstić information content (AvgIpc) is 1.95. The minimum Gasteiger partial charge on any atom is -0.392 e. The predicted molar refractivity (Wildman–Crippen MR) is 38.4 cm³/mol. The summed E-state index contributed by atoms with van der Waals surface area (Å²) in [6.07, 6.45) is 2.64. The smallest absolute Gasteiger partial charge is 0.0728 e. The molecule has 0 amide bonds. The van der Waals surface area contributed by atoms with E-state index in [1.807, 2.05) is 6.08 Å². The SMILES string of the molecule is NC1CC(CO)=CCC1O. The first-order valence-corrected chi connectivity index (χ1v) is 3.46. The van der Waals surface area contributed by atoms with Crippen molar-refractivity contribution in [1.29, 1.82) is 0 Å². The van der Waals surface area contributed by atoms with Gasteiger partial charge in [0.2, 0.25) is 0 Å². The molecule has 58 valence electrons. The highest BCUT2D eigenvalue weighted by atomic mass is 16.3. The van der Waals surface area contributed by atoms with Crippen LogP contribution in [-0.4, -0.2) is 29.0 Å². The third kappa shape index (κ3) is 1.56. The van der Waals surface area contributed by atoms with Gasteiger partial charge in [0.15, 0.2) is 0 Å². The zero-order valence-corrected chi connectivity index (χ0v) is 5.83. The Kier molecular flexibility index (Phi) is 2.43. The van der Waals surface area contributed by atoms with E-state index in [2.05, 4.69) is 0 Å². The lowest BCUT2D eigenvalue weighted by molar-refractivity contribution is 0.138. The first-order valence-electron chi connectivity index (χ1n) is 3.46. The lowest BCUT2D eigenvalue weighted by Gasteiger charge is -2.23. The topological polar surface area (TPSA) is 66.5 Å². The van der Waals surface area contributed by atoms with Gasteiger partial charge in [-0.3, -0.25) is 0 Å². The minimum atomic E-state index is -0.421. The number of aliphatic hydroxyl groups excluding tert-OH is 2. The van der Waals surface area contributed by atoms with Crippen molar-refractivity contribution in [1.82, 2.24) is 0 Å². The van der Waals surface area contributed by atoms with Gasteiger partial charge in [-0.2, -0.15) is 0 Å². The van der Waals surface area contributed by atoms with Crippen molar-refractivity contribution < 1.29 is 10.2 Å². The molecule has 0 radical (unpaired) electrons. The molecular weight excluding hydrogens is 130 g/mol. The van der Waals surface area contributed by atoms with Crippen molar-refractivity contribution in [2.75, 3.05) is 6.61 Å². The van der Waals surface area contributed by atoms with Crippen LogP contribution < -0.4 is 5.73 Å². The van der Waals surface area contributed by atoms with Gasteiger partial charge in [0.25, 0.3) is 0 Å². The largest absolute Gasteiger partial charge is 0.392 e. The molecule has 3 heteroatoms. The molecule has 0 fully saturated rings. The van der Waals surface area contributed by atoms with E-state index < -0.39 is 6.10 Å². The van der Waals surface area contributed by atoms with Crippen LogP contribution in [-0.2, 0) is 0 Å². The van der Waals surface area contributed by atoms with Crippen LogP contribution in [0.1, 0.15) is 12.8 Å². The van der Waals surface area contributed by atoms with Crippen molar-refractivity contribution in [2.24, 2.45) is 5.73 Å². The lowest BCUT2D eigenvalue weighted by Crippen LogP contribution is -2.37. The molecule has 2 atom stereocenters. The van der Waals surface area contributed by atoms with Crippen LogP contribution in [0, 0.1) is 0 Å². The summed E-state index contributed by atoms with van der Waals surface area (Å²) in [7, 11) is 0. The van der Waals surface area contributed by atoms with Gasteiger partial charge < -0.3 is 15.9 Å². The normalized spacial score (nSPS) is 33.7. The average molecular weight is 143 g/mol. The van der Waals surface area contributed by atoms with Gasteiger partial charge in [0.05, 0.1) is 12.7 Å². The van der Waals surface area contributed by atoms with Crippen molar-refractivity contribution in [2.45, 2.75) is 25.0 Å². The highest BCUT2D eigenvalue weighted by Crippen LogP contribution is 2.16. The van der Waals surface area contributed by atoms with Gasteiger partial charge >= 0.3 is 0 Å². The fourth-order valence-electron chi connectivity index (χ4n) is 1.11. The summed E-state index contributed by atoms with van der Waals surface area (Å²) in [6.45, 7) is 0.0699. The zero-order valence-electron chi connectivity index (χ0n) is 5.83. The predicted octanol–water partition coefficient (Wildman–Crippen LogP) is -0.613. The molecule has 0 aliphatic heterocycles. The first kappa shape index (κ1) is 7.72. The summed E-state index contributed by atoms with van der Waals surface area (Å²) in [5.41, 5.74) is 6.48. The minimum absolute atomic E-state index is 0.0699. The zero-order chi connectivity index (χ0) is 7.56. The number of aliphatic hydroxyl groups is 2. The maximum absolute atomic E-state index is 9.14. The summed E-state index contributed by atoms with van der Waals surface area (Å²) in [6, 6.07) is -0.188. The van der Waals surface area contributed by atoms with Crippen LogP contribution in [0.15, 0.2) is 11.6 Å². The van der Waals surface area contributed by atoms with Crippen LogP contribution in [0.25, 0.3) is 0 Å². The summed E-state index contributed by atoms with van der Waals surface area (Å²) < 4.78 is 0. The van der Waals surface area contributed by atoms with Crippen molar-refractivity contribution in [3.8, 4) is 0 Å². The maximum Gasteiger partial charge on any atom is 0.0728 e. The Morgan fingerprint density at radius 1 is 1.70 bits per heavy atom. The molecule has 0 saturated carbocycles. The van der Waals surface area contributed by atoms with Crippen LogP contribution in [0.5, 0.6) is 0 Å². The number of hydrogen-bond donors (Lipinski definition) is 3. The van der Waals surface area contributed by atoms with Crippen molar-refractivity contribution >= 4 is 0 Å². The third-order valence-corrected chi connectivity index (χ3v) is 1.84. The molecule has 0 aromatic heterocycles. The van der Waals surface area contributed by atoms with Crippen LogP contribution >= 0.6 is 0 Å². The summed E-state index contributed by atoms with van der Waals surface area (Å²) in [5.74, 6) is 0. The van der Waals surface area contributed by atoms with Gasteiger partial charge in [-0.05, 0) is 18.4 Å². The highest BCUT2D eigenvalue weighted by molar-refractivity contribution is 5.10. The van der Waals surface area contributed by atoms with E-state index >= 15 is 0 Å². The van der Waals surface area contributed by atoms with Gasteiger partial charge in [-0.1, -0.05) is 6.08 Å². The summed E-state index contributed by atoms with van der Waals surface area (Å²) >= 11 is 0. The quantitative estimate of drug-likeness (QED) is 0.429. The lowest BCUT2D eigenvalue weighted by atomic mass is 9.93. The molecule has 1 rings (SSSR count). The van der Waals surface area contributed by atoms with Crippen LogP contribution in [0.4, 0.5) is 0 Å². The molecule has 0 heterocycles. The standard InChI is InChI=1S/C7H13NO2/c8-6-3-5(4-9)1-2-7(6)10/h1,6-7,9-10H,2-4,8H2. The Balaban J connectivity index is 2.52. The first-order chi connectivity index (χ1) is 4.74. The number of hydrogen-bond acceptors (Lipinski definition) is 3. The van der Waals surface area contributed by atoms with Crippen LogP contribution in [0.3, 0.4) is 0 Å². The second kappa shape index (κ2) is 3.14. The number of nitrogens with two attached hydrogens (primary N) is 1. The fraction of sp³-hybridized carbons (Fsp3) is 0.714. The van der Waals surface area contributed by atoms with Gasteiger partial charge in [0, 0.05) is 6.04 Å². The van der Waals surface area contributed by atoms with Crippen LogP contribution in [0.2, 0.25) is 0 Å². The summed E-state index contributed by atoms with van der Waals surface area (Å²) in [4.78, 5) is 0. The summed E-state index contributed by atoms with van der Waals surface area (Å²) in [5, 5.41) is 17.8. The molecule has 10 heavy (non-hydrogen) atoms. The molecule has 1 aliphatic rings. The molecule has 0 aromatic carbocycles. The Morgan fingerprint density at radius 3 is 2.90 bits per heavy atom. The van der Waals surface area contributed by atoms with Gasteiger partial charge in [-0.15, -0.1) is 0 Å². The molecule has 2 unspecified atom stereocenters. The monoisotopic (exact) mass is 143 g/mol. The Morgan fingerprint density at radius 2 is 2.40 bits per heavy atom. The van der Waals surface area contributed by atoms with E-state index in [9.17, 15) is 0 Å². The molecule has 0 bridgehead atoms. The molecular formula is C7H13NO2. The Bertz CT molecular complexity index is 145. The van der Waals surface area contributed by atoms with Gasteiger partial charge in [0.1, 0.15) is 0 Å². The molecule has 0 aromatic rings. The molecule has 0 spiro atoms.